The molecule has 0 saturated carbocycles. The third-order valence-corrected chi connectivity index (χ3v) is 2.68. The van der Waals surface area contributed by atoms with Crippen LogP contribution >= 0.6 is 0 Å². The van der Waals surface area contributed by atoms with E-state index in [1.807, 2.05) is 0 Å². The maximum absolute atomic E-state index is 10.7. The van der Waals surface area contributed by atoms with Crippen molar-refractivity contribution in [2.75, 3.05) is 0 Å². The van der Waals surface area contributed by atoms with Crippen LogP contribution in [0.2, 0.25) is 0 Å². The van der Waals surface area contributed by atoms with Crippen molar-refractivity contribution in [3.63, 3.8) is 0 Å². The molecular weight excluding hydrogens is 224 g/mol. The lowest BCUT2D eigenvalue weighted by Gasteiger charge is -1.92. The first-order valence-corrected chi connectivity index (χ1v) is 5.70. The quantitative estimate of drug-likeness (QED) is 0.559. The molecule has 0 saturated heterocycles. The van der Waals surface area contributed by atoms with Gasteiger partial charge in [-0.05, 0) is 0 Å². The summed E-state index contributed by atoms with van der Waals surface area (Å²) in [5.74, 6) is 0. The second kappa shape index (κ2) is 2.73. The normalized spacial score (nSPS) is 13.1. The first-order chi connectivity index (χ1) is 5.73. The smallest absolute Gasteiger partial charge is 0.306 e. The van der Waals surface area contributed by atoms with Crippen LogP contribution in [0.4, 0.5) is 0 Å². The van der Waals surface area contributed by atoms with E-state index in [2.05, 4.69) is 25.2 Å². The summed E-state index contributed by atoms with van der Waals surface area (Å²) in [7, 11) is -8.62. The number of hydrogen-bond acceptors (Lipinski definition) is 7. The zero-order valence-electron chi connectivity index (χ0n) is 5.91. The summed E-state index contributed by atoms with van der Waals surface area (Å²) in [6.45, 7) is 0. The number of nitrogens with two attached hydrogens (primary N) is 2. The van der Waals surface area contributed by atoms with Crippen molar-refractivity contribution in [3.8, 4) is 0 Å². The van der Waals surface area contributed by atoms with Crippen molar-refractivity contribution in [3.05, 3.63) is 0 Å². The van der Waals surface area contributed by atoms with Gasteiger partial charge in [0, 0.05) is 5.27 Å². The molecule has 11 heteroatoms. The van der Waals surface area contributed by atoms with Crippen molar-refractivity contribution in [2.24, 2.45) is 10.3 Å². The van der Waals surface area contributed by atoms with E-state index in [-0.39, 0.29) is 0 Å². The number of hydrogen-bond donors (Lipinski definition) is 2. The lowest BCUT2D eigenvalue weighted by molar-refractivity contribution is 0.319. The Hall–Kier alpha value is -1.04. The van der Waals surface area contributed by atoms with Crippen molar-refractivity contribution in [1.29, 1.82) is 0 Å². The Morgan fingerprint density at radius 3 is 1.92 bits per heavy atom. The van der Waals surface area contributed by atoms with Crippen LogP contribution in [0.5, 0.6) is 0 Å². The fourth-order valence-corrected chi connectivity index (χ4v) is 2.06. The van der Waals surface area contributed by atoms with Crippen LogP contribution in [0.1, 0.15) is 0 Å². The molecule has 0 unspecified atom stereocenters. The molecule has 9 nitrogen and oxygen atoms in total. The van der Waals surface area contributed by atoms with Gasteiger partial charge in [-0.15, -0.1) is 0 Å². The molecule has 4 N–H and O–H groups in total. The minimum atomic E-state index is -4.32. The SMILES string of the molecule is NS(=O)(=O)c1nnoc1S(N)(=O)=O. The molecule has 0 aromatic carbocycles. The van der Waals surface area contributed by atoms with Crippen molar-refractivity contribution in [1.82, 2.24) is 10.4 Å². The second-order valence-electron chi connectivity index (χ2n) is 1.96. The zero-order chi connectivity index (χ0) is 10.3. The molecule has 1 rings (SSSR count). The summed E-state index contributed by atoms with van der Waals surface area (Å²) < 4.78 is 46.6. The summed E-state index contributed by atoms with van der Waals surface area (Å²) in [5, 5.41) is 12.7. The highest BCUT2D eigenvalue weighted by Crippen LogP contribution is 2.13. The average molecular weight is 228 g/mol. The van der Waals surface area contributed by atoms with E-state index in [1.165, 1.54) is 0 Å². The Kier molecular flexibility index (Phi) is 2.11. The number of rotatable bonds is 2. The number of sulfonamides is 2. The molecule has 74 valence electrons. The third-order valence-electron chi connectivity index (χ3n) is 0.958. The average Bonchev–Trinajstić information content (AvgIpc) is 2.27. The Morgan fingerprint density at radius 2 is 1.62 bits per heavy atom. The standard InChI is InChI=1S/C2H4N4O5S2/c3-12(7,8)1-2(11-6-5-1)13(4,9)10/h(H2,3,7,8)(H2,4,9,10). The number of primary sulfonamides is 2. The minimum absolute atomic E-state index is 1.00. The zero-order valence-corrected chi connectivity index (χ0v) is 7.54. The summed E-state index contributed by atoms with van der Waals surface area (Å²) in [4.78, 5) is 0. The van der Waals surface area contributed by atoms with Gasteiger partial charge in [0.25, 0.3) is 25.1 Å². The largest absolute Gasteiger partial charge is 0.322 e. The van der Waals surface area contributed by atoms with Gasteiger partial charge in [-0.3, -0.25) is 0 Å². The van der Waals surface area contributed by atoms with Gasteiger partial charge in [-0.25, -0.2) is 27.1 Å². The fourth-order valence-electron chi connectivity index (χ4n) is 0.521. The first-order valence-electron chi connectivity index (χ1n) is 2.61. The number of nitrogens with zero attached hydrogens (tertiary/aromatic N) is 2. The topological polar surface area (TPSA) is 159 Å². The van der Waals surface area contributed by atoms with Crippen LogP contribution in [0.3, 0.4) is 0 Å². The van der Waals surface area contributed by atoms with Gasteiger partial charge >= 0.3 is 5.09 Å². The Bertz CT molecular complexity index is 464. The van der Waals surface area contributed by atoms with Gasteiger partial charge in [-0.2, -0.15) is 0 Å². The molecule has 1 heterocycles. The molecule has 0 amide bonds. The maximum atomic E-state index is 10.7. The molecule has 13 heavy (non-hydrogen) atoms. The van der Waals surface area contributed by atoms with Crippen molar-refractivity contribution >= 4 is 20.0 Å². The third kappa shape index (κ3) is 2.00. The Balaban J connectivity index is 3.54. The second-order valence-corrected chi connectivity index (χ2v) is 4.89. The molecule has 0 spiro atoms. The highest BCUT2D eigenvalue weighted by molar-refractivity contribution is 7.92. The molecule has 0 fully saturated rings. The first kappa shape index (κ1) is 10.0. The molecule has 1 aromatic heterocycles. The summed E-state index contributed by atoms with van der Waals surface area (Å²) in [6, 6.07) is 0. The van der Waals surface area contributed by atoms with E-state index in [9.17, 15) is 16.8 Å². The molecule has 0 aliphatic rings. The van der Waals surface area contributed by atoms with E-state index in [4.69, 9.17) is 0 Å². The van der Waals surface area contributed by atoms with Crippen LogP contribution in [0.25, 0.3) is 0 Å². The van der Waals surface area contributed by atoms with Crippen LogP contribution < -0.4 is 10.3 Å². The highest BCUT2D eigenvalue weighted by Gasteiger charge is 2.28. The van der Waals surface area contributed by atoms with E-state index < -0.39 is 30.2 Å². The van der Waals surface area contributed by atoms with Crippen LogP contribution in [-0.2, 0) is 20.0 Å². The molecule has 0 atom stereocenters. The van der Waals surface area contributed by atoms with Gasteiger partial charge < -0.3 is 4.52 Å². The van der Waals surface area contributed by atoms with E-state index in [0.717, 1.165) is 0 Å². The minimum Gasteiger partial charge on any atom is -0.322 e. The molecule has 0 bridgehead atoms. The van der Waals surface area contributed by atoms with Crippen LogP contribution in [0, 0.1) is 0 Å². The number of aromatic nitrogens is 2. The van der Waals surface area contributed by atoms with Crippen molar-refractivity contribution in [2.45, 2.75) is 10.1 Å². The van der Waals surface area contributed by atoms with Gasteiger partial charge in [0.2, 0.25) is 0 Å². The van der Waals surface area contributed by atoms with E-state index >= 15 is 0 Å². The van der Waals surface area contributed by atoms with Gasteiger partial charge in [0.05, 0.1) is 0 Å². The lowest BCUT2D eigenvalue weighted by atomic mass is 11.0. The van der Waals surface area contributed by atoms with Crippen molar-refractivity contribution < 1.29 is 21.4 Å². The predicted octanol–water partition coefficient (Wildman–Crippen LogP) is -2.64. The predicted molar refractivity (Wildman–Crippen MR) is 37.0 cm³/mol. The van der Waals surface area contributed by atoms with Gasteiger partial charge in [-0.1, -0.05) is 5.10 Å². The van der Waals surface area contributed by atoms with Crippen LogP contribution in [-0.4, -0.2) is 27.2 Å². The van der Waals surface area contributed by atoms with E-state index in [1.54, 1.807) is 0 Å². The van der Waals surface area contributed by atoms with Gasteiger partial charge in [0.15, 0.2) is 0 Å². The molecule has 0 radical (unpaired) electrons. The Morgan fingerprint density at radius 1 is 1.08 bits per heavy atom. The Labute approximate surface area is 72.8 Å². The van der Waals surface area contributed by atoms with E-state index in [0.29, 0.717) is 0 Å². The molecule has 1 aromatic rings. The van der Waals surface area contributed by atoms with Crippen LogP contribution in [0.15, 0.2) is 14.6 Å². The molecular formula is C2H4N4O5S2. The summed E-state index contributed by atoms with van der Waals surface area (Å²) >= 11 is 0. The maximum Gasteiger partial charge on any atom is 0.306 e. The monoisotopic (exact) mass is 228 g/mol. The molecule has 0 aliphatic carbocycles. The summed E-state index contributed by atoms with van der Waals surface area (Å²) in [5.41, 5.74) is 0. The highest BCUT2D eigenvalue weighted by atomic mass is 32.2. The fraction of sp³-hybridized carbons (Fsp3) is 0. The molecule has 0 aliphatic heterocycles. The lowest BCUT2D eigenvalue weighted by Crippen LogP contribution is -2.19. The summed E-state index contributed by atoms with van der Waals surface area (Å²) in [6.07, 6.45) is 0. The van der Waals surface area contributed by atoms with Gasteiger partial charge in [0.1, 0.15) is 0 Å².